The van der Waals surface area contributed by atoms with Crippen molar-refractivity contribution < 1.29 is 4.74 Å². The molecule has 0 unspecified atom stereocenters. The van der Waals surface area contributed by atoms with Crippen molar-refractivity contribution in [3.05, 3.63) is 48.3 Å². The zero-order chi connectivity index (χ0) is 12.3. The van der Waals surface area contributed by atoms with Gasteiger partial charge in [-0.2, -0.15) is 0 Å². The Kier molecular flexibility index (Phi) is 3.05. The van der Waals surface area contributed by atoms with Crippen molar-refractivity contribution in [2.45, 2.75) is 0 Å². The van der Waals surface area contributed by atoms with E-state index < -0.39 is 0 Å². The number of aromatic nitrogens is 1. The van der Waals surface area contributed by atoms with Crippen LogP contribution in [-0.4, -0.2) is 17.9 Å². The van der Waals surface area contributed by atoms with Crippen LogP contribution < -0.4 is 10.5 Å². The number of nitrogens with zero attached hydrogens (tertiary/aromatic N) is 1. The van der Waals surface area contributed by atoms with Gasteiger partial charge in [-0.25, -0.2) is 0 Å². The summed E-state index contributed by atoms with van der Waals surface area (Å²) in [5.41, 5.74) is 7.81. The molecule has 4 nitrogen and oxygen atoms in total. The number of rotatable bonds is 3. The van der Waals surface area contributed by atoms with Crippen LogP contribution in [0.5, 0.6) is 5.75 Å². The van der Waals surface area contributed by atoms with Crippen molar-refractivity contribution in [1.29, 1.82) is 5.41 Å². The third-order valence-electron chi connectivity index (χ3n) is 2.46. The summed E-state index contributed by atoms with van der Waals surface area (Å²) >= 11 is 0. The highest BCUT2D eigenvalue weighted by Gasteiger charge is 2.08. The number of amidine groups is 1. The molecule has 4 heteroatoms. The van der Waals surface area contributed by atoms with Crippen molar-refractivity contribution in [3.63, 3.8) is 0 Å². The lowest BCUT2D eigenvalue weighted by molar-refractivity contribution is 0.415. The Morgan fingerprint density at radius 1 is 1.24 bits per heavy atom. The van der Waals surface area contributed by atoms with Crippen molar-refractivity contribution in [2.24, 2.45) is 5.73 Å². The van der Waals surface area contributed by atoms with Gasteiger partial charge in [-0.05, 0) is 23.8 Å². The third-order valence-corrected chi connectivity index (χ3v) is 2.46. The van der Waals surface area contributed by atoms with E-state index in [0.29, 0.717) is 5.69 Å². The quantitative estimate of drug-likeness (QED) is 0.622. The van der Waals surface area contributed by atoms with Crippen LogP contribution in [0.15, 0.2) is 42.6 Å². The lowest BCUT2D eigenvalue weighted by Gasteiger charge is -2.07. The predicted molar refractivity (Wildman–Crippen MR) is 67.2 cm³/mol. The van der Waals surface area contributed by atoms with Gasteiger partial charge in [-0.3, -0.25) is 10.4 Å². The van der Waals surface area contributed by atoms with Crippen LogP contribution in [0, 0.1) is 5.41 Å². The molecule has 0 saturated heterocycles. The van der Waals surface area contributed by atoms with E-state index in [0.717, 1.165) is 16.9 Å². The van der Waals surface area contributed by atoms with E-state index in [-0.39, 0.29) is 5.84 Å². The predicted octanol–water partition coefficient (Wildman–Crippen LogP) is 2.04. The summed E-state index contributed by atoms with van der Waals surface area (Å²) in [7, 11) is 1.63. The molecule has 86 valence electrons. The van der Waals surface area contributed by atoms with Gasteiger partial charge in [0.25, 0.3) is 0 Å². The lowest BCUT2D eigenvalue weighted by Crippen LogP contribution is -2.14. The van der Waals surface area contributed by atoms with E-state index in [2.05, 4.69) is 4.98 Å². The summed E-state index contributed by atoms with van der Waals surface area (Å²) in [5.74, 6) is 0.762. The Labute approximate surface area is 99.6 Å². The minimum Gasteiger partial charge on any atom is -0.497 e. The monoisotopic (exact) mass is 227 g/mol. The summed E-state index contributed by atoms with van der Waals surface area (Å²) in [6, 6.07) is 11.3. The minimum atomic E-state index is -0.0311. The van der Waals surface area contributed by atoms with Crippen LogP contribution in [0.4, 0.5) is 0 Å². The fraction of sp³-hybridized carbons (Fsp3) is 0.0769. The smallest absolute Gasteiger partial charge is 0.142 e. The van der Waals surface area contributed by atoms with E-state index in [1.54, 1.807) is 13.3 Å². The zero-order valence-electron chi connectivity index (χ0n) is 9.47. The number of nitrogens with one attached hydrogen (secondary N) is 1. The first-order valence-corrected chi connectivity index (χ1v) is 5.16. The van der Waals surface area contributed by atoms with Gasteiger partial charge in [0, 0.05) is 11.8 Å². The molecule has 2 rings (SSSR count). The highest BCUT2D eigenvalue weighted by Crippen LogP contribution is 2.24. The average molecular weight is 227 g/mol. The summed E-state index contributed by atoms with van der Waals surface area (Å²) in [5, 5.41) is 7.49. The molecule has 0 aliphatic heterocycles. The fourth-order valence-corrected chi connectivity index (χ4v) is 1.62. The van der Waals surface area contributed by atoms with E-state index in [1.807, 2.05) is 36.4 Å². The Bertz CT molecular complexity index is 535. The second-order valence-corrected chi connectivity index (χ2v) is 3.54. The summed E-state index contributed by atoms with van der Waals surface area (Å²) in [4.78, 5) is 4.12. The summed E-state index contributed by atoms with van der Waals surface area (Å²) in [6.07, 6.45) is 1.63. The Hall–Kier alpha value is -2.36. The molecule has 0 amide bonds. The molecule has 0 aliphatic rings. The van der Waals surface area contributed by atoms with Gasteiger partial charge < -0.3 is 10.5 Å². The molecule has 0 radical (unpaired) electrons. The molecule has 0 fully saturated rings. The highest BCUT2D eigenvalue weighted by molar-refractivity contribution is 5.99. The number of nitrogens with two attached hydrogens (primary N) is 1. The standard InChI is InChI=1S/C13H13N3O/c1-17-10-6-4-9(5-7-10)11-3-2-8-16-12(11)13(14)15/h2-8H,1H3,(H3,14,15). The molecule has 1 aromatic carbocycles. The average Bonchev–Trinajstić information content (AvgIpc) is 2.39. The summed E-state index contributed by atoms with van der Waals surface area (Å²) < 4.78 is 5.10. The van der Waals surface area contributed by atoms with Crippen LogP contribution >= 0.6 is 0 Å². The van der Waals surface area contributed by atoms with E-state index in [4.69, 9.17) is 15.9 Å². The van der Waals surface area contributed by atoms with Gasteiger partial charge in [0.2, 0.25) is 0 Å². The van der Waals surface area contributed by atoms with Crippen LogP contribution in [-0.2, 0) is 0 Å². The molecular formula is C13H13N3O. The molecule has 0 aliphatic carbocycles. The minimum absolute atomic E-state index is 0.0311. The molecule has 3 N–H and O–H groups in total. The number of hydrogen-bond acceptors (Lipinski definition) is 3. The topological polar surface area (TPSA) is 72.0 Å². The number of pyridine rings is 1. The first-order valence-electron chi connectivity index (χ1n) is 5.16. The van der Waals surface area contributed by atoms with Gasteiger partial charge >= 0.3 is 0 Å². The Morgan fingerprint density at radius 3 is 2.53 bits per heavy atom. The normalized spacial score (nSPS) is 9.94. The molecule has 0 bridgehead atoms. The van der Waals surface area contributed by atoms with E-state index >= 15 is 0 Å². The molecule has 0 atom stereocenters. The van der Waals surface area contributed by atoms with Gasteiger partial charge in [-0.1, -0.05) is 18.2 Å². The van der Waals surface area contributed by atoms with Gasteiger partial charge in [0.1, 0.15) is 17.3 Å². The lowest BCUT2D eigenvalue weighted by atomic mass is 10.0. The molecular weight excluding hydrogens is 214 g/mol. The third kappa shape index (κ3) is 2.25. The second-order valence-electron chi connectivity index (χ2n) is 3.54. The number of ether oxygens (including phenoxy) is 1. The van der Waals surface area contributed by atoms with Crippen molar-refractivity contribution >= 4 is 5.84 Å². The largest absolute Gasteiger partial charge is 0.497 e. The maximum Gasteiger partial charge on any atom is 0.142 e. The van der Waals surface area contributed by atoms with Crippen molar-refractivity contribution in [2.75, 3.05) is 7.11 Å². The fourth-order valence-electron chi connectivity index (χ4n) is 1.62. The molecule has 0 saturated carbocycles. The Morgan fingerprint density at radius 2 is 1.94 bits per heavy atom. The van der Waals surface area contributed by atoms with Crippen molar-refractivity contribution in [3.8, 4) is 16.9 Å². The van der Waals surface area contributed by atoms with E-state index in [9.17, 15) is 0 Å². The first kappa shape index (κ1) is 11.1. The maximum absolute atomic E-state index is 7.49. The number of nitrogen functional groups attached to an aromatic ring is 1. The van der Waals surface area contributed by atoms with Crippen LogP contribution in [0.25, 0.3) is 11.1 Å². The van der Waals surface area contributed by atoms with E-state index in [1.165, 1.54) is 0 Å². The molecule has 2 aromatic rings. The first-order chi connectivity index (χ1) is 8.22. The SMILES string of the molecule is COc1ccc(-c2cccnc2C(=N)N)cc1. The number of benzene rings is 1. The number of methoxy groups -OCH3 is 1. The van der Waals surface area contributed by atoms with Gasteiger partial charge in [0.05, 0.1) is 7.11 Å². The highest BCUT2D eigenvalue weighted by atomic mass is 16.5. The van der Waals surface area contributed by atoms with Crippen molar-refractivity contribution in [1.82, 2.24) is 4.98 Å². The van der Waals surface area contributed by atoms with Crippen LogP contribution in [0.1, 0.15) is 5.69 Å². The maximum atomic E-state index is 7.49. The van der Waals surface area contributed by atoms with Crippen LogP contribution in [0.3, 0.4) is 0 Å². The van der Waals surface area contributed by atoms with Gasteiger partial charge in [-0.15, -0.1) is 0 Å². The Balaban J connectivity index is 2.48. The molecule has 0 spiro atoms. The van der Waals surface area contributed by atoms with Crippen LogP contribution in [0.2, 0.25) is 0 Å². The zero-order valence-corrected chi connectivity index (χ0v) is 9.47. The second kappa shape index (κ2) is 4.65. The van der Waals surface area contributed by atoms with Gasteiger partial charge in [0.15, 0.2) is 0 Å². The number of hydrogen-bond donors (Lipinski definition) is 2. The molecule has 1 heterocycles. The molecule has 17 heavy (non-hydrogen) atoms. The summed E-state index contributed by atoms with van der Waals surface area (Å²) in [6.45, 7) is 0. The molecule has 1 aromatic heterocycles.